The molecule has 3 heteroatoms. The minimum Gasteiger partial charge on any atom is -0.485 e. The lowest BCUT2D eigenvalue weighted by Gasteiger charge is -2.16. The molecule has 0 saturated carbocycles. The van der Waals surface area contributed by atoms with E-state index in [0.29, 0.717) is 19.4 Å². The lowest BCUT2D eigenvalue weighted by atomic mass is 10.2. The number of hydrogen-bond donors (Lipinski definition) is 0. The van der Waals surface area contributed by atoms with Crippen LogP contribution in [0.25, 0.3) is 0 Å². The molecule has 0 unspecified atom stereocenters. The van der Waals surface area contributed by atoms with Gasteiger partial charge in [-0.05, 0) is 25.0 Å². The van der Waals surface area contributed by atoms with Gasteiger partial charge in [-0.3, -0.25) is 9.38 Å². The molecule has 0 N–H and O–H groups in total. The summed E-state index contributed by atoms with van der Waals surface area (Å²) in [6.07, 6.45) is 1.22. The number of nitrogens with zero attached hydrogens (tertiary/aromatic N) is 1. The monoisotopic (exact) mass is 193 g/mol. The summed E-state index contributed by atoms with van der Waals surface area (Å²) in [7, 11) is 0. The number of fused-ring (bicyclic) bond motifs is 1. The predicted octanol–water partition coefficient (Wildman–Crippen LogP) is 2.90. The van der Waals surface area contributed by atoms with Crippen LogP contribution in [0.5, 0.6) is 5.75 Å². The molecule has 0 spiro atoms. The van der Waals surface area contributed by atoms with Crippen molar-refractivity contribution in [3.05, 3.63) is 24.3 Å². The number of halogens is 1. The van der Waals surface area contributed by atoms with Gasteiger partial charge in [-0.15, -0.1) is 0 Å². The number of aliphatic imine (C=N–C) groups is 1. The Morgan fingerprint density at radius 1 is 1.36 bits per heavy atom. The van der Waals surface area contributed by atoms with Gasteiger partial charge >= 0.3 is 0 Å². The fraction of sp³-hybridized carbons (Fsp3) is 0.364. The summed E-state index contributed by atoms with van der Waals surface area (Å²) < 4.78 is 17.4. The van der Waals surface area contributed by atoms with Gasteiger partial charge in [-0.2, -0.15) is 0 Å². The predicted molar refractivity (Wildman–Crippen MR) is 54.2 cm³/mol. The Morgan fingerprint density at radius 2 is 2.21 bits per heavy atom. The molecule has 0 amide bonds. The second-order valence-corrected chi connectivity index (χ2v) is 3.23. The highest BCUT2D eigenvalue weighted by Gasteiger charge is 2.11. The molecule has 1 aromatic carbocycles. The first-order valence-corrected chi connectivity index (χ1v) is 4.74. The topological polar surface area (TPSA) is 21.6 Å². The summed E-state index contributed by atoms with van der Waals surface area (Å²) in [6, 6.07) is 7.64. The van der Waals surface area contributed by atoms with Crippen molar-refractivity contribution in [2.45, 2.75) is 12.8 Å². The van der Waals surface area contributed by atoms with Crippen LogP contribution < -0.4 is 4.74 Å². The van der Waals surface area contributed by atoms with Gasteiger partial charge in [0, 0.05) is 0 Å². The molecule has 0 fully saturated rings. The summed E-state index contributed by atoms with van der Waals surface area (Å²) in [5, 5.41) is 0. The van der Waals surface area contributed by atoms with E-state index < -0.39 is 0 Å². The Bertz CT molecular complexity index is 349. The van der Waals surface area contributed by atoms with Crippen LogP contribution in [0.3, 0.4) is 0 Å². The first-order chi connectivity index (χ1) is 6.90. The lowest BCUT2D eigenvalue weighted by Crippen LogP contribution is -2.15. The van der Waals surface area contributed by atoms with Crippen molar-refractivity contribution in [1.29, 1.82) is 0 Å². The quantitative estimate of drug-likeness (QED) is 0.723. The van der Waals surface area contributed by atoms with Crippen LogP contribution in [0.1, 0.15) is 12.8 Å². The van der Waals surface area contributed by atoms with E-state index in [1.165, 1.54) is 0 Å². The van der Waals surface area contributed by atoms with E-state index in [1.807, 2.05) is 24.3 Å². The lowest BCUT2D eigenvalue weighted by molar-refractivity contribution is 0.367. The van der Waals surface area contributed by atoms with Gasteiger partial charge in [0.05, 0.1) is 12.4 Å². The number of para-hydroxylation sites is 2. The summed E-state index contributed by atoms with van der Waals surface area (Å²) in [6.45, 7) is 0.206. The van der Waals surface area contributed by atoms with Crippen LogP contribution in [0.15, 0.2) is 29.3 Å². The van der Waals surface area contributed by atoms with Gasteiger partial charge in [0.25, 0.3) is 0 Å². The molecule has 0 atom stereocenters. The Morgan fingerprint density at radius 3 is 3.07 bits per heavy atom. The number of rotatable bonds is 3. The SMILES string of the molecule is FCCCC1=Nc2ccccc2OC1. The molecular formula is C11H12FNO. The molecule has 0 radical (unpaired) electrons. The van der Waals surface area contributed by atoms with Crippen molar-refractivity contribution in [3.63, 3.8) is 0 Å². The molecule has 1 heterocycles. The summed E-state index contributed by atoms with van der Waals surface area (Å²) in [4.78, 5) is 4.41. The molecule has 0 aromatic heterocycles. The van der Waals surface area contributed by atoms with E-state index in [2.05, 4.69) is 4.99 Å². The van der Waals surface area contributed by atoms with E-state index in [0.717, 1.165) is 17.1 Å². The van der Waals surface area contributed by atoms with Crippen molar-refractivity contribution in [2.24, 2.45) is 4.99 Å². The fourth-order valence-corrected chi connectivity index (χ4v) is 1.43. The average molecular weight is 193 g/mol. The smallest absolute Gasteiger partial charge is 0.145 e. The molecule has 1 aromatic rings. The van der Waals surface area contributed by atoms with Crippen molar-refractivity contribution in [3.8, 4) is 5.75 Å². The van der Waals surface area contributed by atoms with Crippen molar-refractivity contribution >= 4 is 11.4 Å². The van der Waals surface area contributed by atoms with Gasteiger partial charge in [-0.1, -0.05) is 12.1 Å². The molecule has 1 aliphatic rings. The van der Waals surface area contributed by atoms with Gasteiger partial charge in [0.15, 0.2) is 0 Å². The summed E-state index contributed by atoms with van der Waals surface area (Å²) in [5.74, 6) is 0.816. The molecular weight excluding hydrogens is 181 g/mol. The van der Waals surface area contributed by atoms with E-state index in [4.69, 9.17) is 4.74 Å². The van der Waals surface area contributed by atoms with Gasteiger partial charge < -0.3 is 4.74 Å². The van der Waals surface area contributed by atoms with E-state index in [-0.39, 0.29) is 6.67 Å². The molecule has 0 aliphatic carbocycles. The van der Waals surface area contributed by atoms with Gasteiger partial charge in [0.1, 0.15) is 18.0 Å². The van der Waals surface area contributed by atoms with E-state index in [9.17, 15) is 4.39 Å². The Hall–Kier alpha value is -1.38. The molecule has 0 saturated heterocycles. The first kappa shape index (κ1) is 9.19. The van der Waals surface area contributed by atoms with Crippen LogP contribution in [0.2, 0.25) is 0 Å². The standard InChI is InChI=1S/C11H12FNO/c12-7-3-4-9-8-14-11-6-2-1-5-10(11)13-9/h1-2,5-6H,3-4,7-8H2. The van der Waals surface area contributed by atoms with Gasteiger partial charge in [-0.25, -0.2) is 0 Å². The number of alkyl halides is 1. The van der Waals surface area contributed by atoms with Crippen LogP contribution in [0, 0.1) is 0 Å². The molecule has 74 valence electrons. The van der Waals surface area contributed by atoms with Crippen LogP contribution in [-0.2, 0) is 0 Å². The van der Waals surface area contributed by atoms with Crippen LogP contribution in [0.4, 0.5) is 10.1 Å². The molecule has 2 rings (SSSR count). The Balaban J connectivity index is 2.14. The third-order valence-corrected chi connectivity index (χ3v) is 2.14. The highest BCUT2D eigenvalue weighted by molar-refractivity contribution is 5.90. The highest BCUT2D eigenvalue weighted by atomic mass is 19.1. The van der Waals surface area contributed by atoms with Crippen molar-refractivity contribution in [2.75, 3.05) is 13.3 Å². The Kier molecular flexibility index (Phi) is 2.77. The maximum absolute atomic E-state index is 11.9. The molecule has 14 heavy (non-hydrogen) atoms. The second kappa shape index (κ2) is 4.22. The van der Waals surface area contributed by atoms with E-state index in [1.54, 1.807) is 0 Å². The zero-order chi connectivity index (χ0) is 9.80. The third-order valence-electron chi connectivity index (χ3n) is 2.14. The molecule has 2 nitrogen and oxygen atoms in total. The summed E-state index contributed by atoms with van der Waals surface area (Å²) >= 11 is 0. The fourth-order valence-electron chi connectivity index (χ4n) is 1.43. The number of benzene rings is 1. The van der Waals surface area contributed by atoms with E-state index >= 15 is 0 Å². The normalized spacial score (nSPS) is 14.2. The average Bonchev–Trinajstić information content (AvgIpc) is 2.26. The Labute approximate surface area is 82.4 Å². The zero-order valence-electron chi connectivity index (χ0n) is 7.87. The zero-order valence-corrected chi connectivity index (χ0v) is 7.87. The largest absolute Gasteiger partial charge is 0.485 e. The maximum atomic E-state index is 11.9. The number of hydrogen-bond acceptors (Lipinski definition) is 2. The van der Waals surface area contributed by atoms with Crippen molar-refractivity contribution < 1.29 is 9.13 Å². The molecule has 1 aliphatic heterocycles. The third kappa shape index (κ3) is 1.92. The minimum absolute atomic E-state index is 0.291. The van der Waals surface area contributed by atoms with Crippen LogP contribution in [-0.4, -0.2) is 19.0 Å². The molecule has 0 bridgehead atoms. The number of ether oxygens (including phenoxy) is 1. The second-order valence-electron chi connectivity index (χ2n) is 3.23. The first-order valence-electron chi connectivity index (χ1n) is 4.74. The maximum Gasteiger partial charge on any atom is 0.145 e. The summed E-state index contributed by atoms with van der Waals surface area (Å²) in [5.41, 5.74) is 1.79. The minimum atomic E-state index is -0.291. The van der Waals surface area contributed by atoms with Gasteiger partial charge in [0.2, 0.25) is 0 Å². The van der Waals surface area contributed by atoms with Crippen LogP contribution >= 0.6 is 0 Å². The highest BCUT2D eigenvalue weighted by Crippen LogP contribution is 2.30. The van der Waals surface area contributed by atoms with Crippen molar-refractivity contribution in [1.82, 2.24) is 0 Å².